The van der Waals surface area contributed by atoms with Crippen LogP contribution in [0.3, 0.4) is 0 Å². The van der Waals surface area contributed by atoms with E-state index in [-0.39, 0.29) is 6.54 Å². The van der Waals surface area contributed by atoms with Crippen LogP contribution >= 0.6 is 0 Å². The standard InChI is InChI=1S/C19H18F2N6O/c1-12-3-2-4-16(26-12)19(22)15(9-23-10-17(20)21)13-5-6-18-24-7-14(8-25-28)27(18)11-13/h2-7,9,11,17H,8,10,22H2,1H3. The van der Waals surface area contributed by atoms with Crippen LogP contribution in [-0.4, -0.2) is 33.6 Å². The Bertz CT molecular complexity index is 1060. The molecule has 0 saturated heterocycles. The lowest BCUT2D eigenvalue weighted by Gasteiger charge is -2.10. The fourth-order valence-corrected chi connectivity index (χ4v) is 2.73. The van der Waals surface area contributed by atoms with Crippen molar-refractivity contribution in [3.05, 3.63) is 70.3 Å². The number of hydrogen-bond acceptors (Lipinski definition) is 6. The minimum atomic E-state index is -2.56. The topological polar surface area (TPSA) is 98.0 Å². The predicted molar refractivity (Wildman–Crippen MR) is 104 cm³/mol. The van der Waals surface area contributed by atoms with Crippen LogP contribution in [0.1, 0.15) is 22.6 Å². The van der Waals surface area contributed by atoms with Gasteiger partial charge in [-0.1, -0.05) is 11.2 Å². The van der Waals surface area contributed by atoms with Gasteiger partial charge in [0.25, 0.3) is 6.43 Å². The summed E-state index contributed by atoms with van der Waals surface area (Å²) in [5.74, 6) is 0. The number of nitrogens with two attached hydrogens (primary N) is 1. The monoisotopic (exact) mass is 384 g/mol. The Kier molecular flexibility index (Phi) is 5.83. The molecule has 0 aliphatic heterocycles. The molecule has 0 atom stereocenters. The van der Waals surface area contributed by atoms with Crippen LogP contribution in [0.15, 0.2) is 52.9 Å². The van der Waals surface area contributed by atoms with E-state index in [9.17, 15) is 13.7 Å². The summed E-state index contributed by atoms with van der Waals surface area (Å²) in [7, 11) is 0. The Labute approximate surface area is 159 Å². The molecule has 0 amide bonds. The Balaban J connectivity index is 2.14. The van der Waals surface area contributed by atoms with Gasteiger partial charge in [-0.25, -0.2) is 13.8 Å². The van der Waals surface area contributed by atoms with Crippen LogP contribution in [0.25, 0.3) is 16.9 Å². The highest BCUT2D eigenvalue weighted by molar-refractivity contribution is 6.18. The summed E-state index contributed by atoms with van der Waals surface area (Å²) in [5, 5.41) is 2.90. The molecule has 3 rings (SSSR count). The van der Waals surface area contributed by atoms with Crippen LogP contribution in [-0.2, 0) is 6.54 Å². The molecule has 0 bridgehead atoms. The SMILES string of the molecule is Cc1cccc(C(N)=C(C=NCC(F)F)c2ccc3ncc(CN=O)n3c2)n1. The van der Waals surface area contributed by atoms with Gasteiger partial charge in [0.2, 0.25) is 0 Å². The highest BCUT2D eigenvalue weighted by Crippen LogP contribution is 2.22. The van der Waals surface area contributed by atoms with Gasteiger partial charge in [-0.05, 0) is 31.2 Å². The maximum absolute atomic E-state index is 12.5. The minimum absolute atomic E-state index is 0.0436. The smallest absolute Gasteiger partial charge is 0.257 e. The van der Waals surface area contributed by atoms with Crippen molar-refractivity contribution in [3.8, 4) is 0 Å². The number of fused-ring (bicyclic) bond motifs is 1. The van der Waals surface area contributed by atoms with Crippen molar-refractivity contribution in [2.24, 2.45) is 15.9 Å². The van der Waals surface area contributed by atoms with Gasteiger partial charge in [0.05, 0.1) is 29.8 Å². The summed E-state index contributed by atoms with van der Waals surface area (Å²) < 4.78 is 26.8. The molecule has 0 saturated carbocycles. The van der Waals surface area contributed by atoms with Crippen LogP contribution in [0, 0.1) is 11.8 Å². The van der Waals surface area contributed by atoms with E-state index in [0.29, 0.717) is 33.9 Å². The maximum Gasteiger partial charge on any atom is 0.257 e. The maximum atomic E-state index is 12.5. The first-order valence-corrected chi connectivity index (χ1v) is 8.47. The average Bonchev–Trinajstić information content (AvgIpc) is 3.07. The Hall–Kier alpha value is -3.49. The molecular weight excluding hydrogens is 366 g/mol. The van der Waals surface area contributed by atoms with Crippen molar-refractivity contribution in [2.45, 2.75) is 19.9 Å². The van der Waals surface area contributed by atoms with Crippen LogP contribution in [0.5, 0.6) is 0 Å². The third kappa shape index (κ3) is 4.25. The van der Waals surface area contributed by atoms with E-state index < -0.39 is 13.0 Å². The van der Waals surface area contributed by atoms with Gasteiger partial charge >= 0.3 is 0 Å². The fraction of sp³-hybridized carbons (Fsp3) is 0.211. The Morgan fingerprint density at radius 1 is 1.32 bits per heavy atom. The molecule has 144 valence electrons. The molecule has 3 heterocycles. The highest BCUT2D eigenvalue weighted by atomic mass is 19.3. The van der Waals surface area contributed by atoms with E-state index in [1.807, 2.05) is 19.1 Å². The lowest BCUT2D eigenvalue weighted by atomic mass is 10.0. The van der Waals surface area contributed by atoms with Crippen molar-refractivity contribution >= 4 is 23.1 Å². The number of allylic oxidation sites excluding steroid dienone is 1. The quantitative estimate of drug-likeness (QED) is 0.498. The molecule has 0 aliphatic carbocycles. The number of halogens is 2. The molecule has 7 nitrogen and oxygen atoms in total. The van der Waals surface area contributed by atoms with Gasteiger partial charge in [0, 0.05) is 29.2 Å². The average molecular weight is 384 g/mol. The molecule has 0 spiro atoms. The molecule has 3 aromatic heterocycles. The van der Waals surface area contributed by atoms with Gasteiger partial charge in [-0.3, -0.25) is 9.98 Å². The van der Waals surface area contributed by atoms with Crippen molar-refractivity contribution < 1.29 is 8.78 Å². The summed E-state index contributed by atoms with van der Waals surface area (Å²) in [6, 6.07) is 8.87. The highest BCUT2D eigenvalue weighted by Gasteiger charge is 2.12. The second kappa shape index (κ2) is 8.47. The molecule has 28 heavy (non-hydrogen) atoms. The summed E-state index contributed by atoms with van der Waals surface area (Å²) in [4.78, 5) is 23.1. The number of rotatable bonds is 7. The fourth-order valence-electron chi connectivity index (χ4n) is 2.73. The van der Waals surface area contributed by atoms with Crippen LogP contribution in [0.2, 0.25) is 0 Å². The number of aryl methyl sites for hydroxylation is 1. The van der Waals surface area contributed by atoms with Gasteiger partial charge in [0.1, 0.15) is 12.2 Å². The predicted octanol–water partition coefficient (Wildman–Crippen LogP) is 3.47. The lowest BCUT2D eigenvalue weighted by molar-refractivity contribution is 0.159. The number of aliphatic imine (C=N–C) groups is 1. The van der Waals surface area contributed by atoms with Crippen molar-refractivity contribution in [3.63, 3.8) is 0 Å². The molecule has 2 N–H and O–H groups in total. The zero-order valence-corrected chi connectivity index (χ0v) is 15.1. The number of alkyl halides is 2. The Morgan fingerprint density at radius 3 is 2.86 bits per heavy atom. The van der Waals surface area contributed by atoms with Gasteiger partial charge in [-0.2, -0.15) is 4.91 Å². The molecule has 0 aliphatic rings. The summed E-state index contributed by atoms with van der Waals surface area (Å²) in [6.45, 7) is 1.15. The normalized spacial score (nSPS) is 12.7. The van der Waals surface area contributed by atoms with Crippen LogP contribution < -0.4 is 5.73 Å². The number of pyridine rings is 2. The number of aromatic nitrogens is 3. The zero-order valence-electron chi connectivity index (χ0n) is 15.1. The second-order valence-corrected chi connectivity index (χ2v) is 6.06. The van der Waals surface area contributed by atoms with E-state index in [1.54, 1.807) is 35.0 Å². The molecular formula is C19H18F2N6O. The van der Waals surface area contributed by atoms with E-state index >= 15 is 0 Å². The van der Waals surface area contributed by atoms with E-state index in [0.717, 1.165) is 5.69 Å². The summed E-state index contributed by atoms with van der Waals surface area (Å²) in [6.07, 6.45) is 2.04. The largest absolute Gasteiger partial charge is 0.396 e. The van der Waals surface area contributed by atoms with E-state index in [2.05, 4.69) is 20.1 Å². The van der Waals surface area contributed by atoms with Gasteiger partial charge in [0.15, 0.2) is 0 Å². The number of nitrogens with zero attached hydrogens (tertiary/aromatic N) is 5. The molecule has 0 fully saturated rings. The number of imidazole rings is 1. The van der Waals surface area contributed by atoms with Gasteiger partial charge in [-0.15, -0.1) is 0 Å². The van der Waals surface area contributed by atoms with Crippen molar-refractivity contribution in [1.29, 1.82) is 0 Å². The molecule has 0 unspecified atom stereocenters. The summed E-state index contributed by atoms with van der Waals surface area (Å²) in [5.41, 5.74) is 10.2. The third-order valence-electron chi connectivity index (χ3n) is 4.04. The van der Waals surface area contributed by atoms with Crippen molar-refractivity contribution in [1.82, 2.24) is 14.4 Å². The number of hydrogen-bond donors (Lipinski definition) is 1. The molecule has 9 heteroatoms. The summed E-state index contributed by atoms with van der Waals surface area (Å²) >= 11 is 0. The number of nitroso groups, excluding NO2 is 1. The molecule has 0 aromatic carbocycles. The minimum Gasteiger partial charge on any atom is -0.396 e. The zero-order chi connectivity index (χ0) is 20.1. The van der Waals surface area contributed by atoms with E-state index in [1.165, 1.54) is 6.21 Å². The van der Waals surface area contributed by atoms with Crippen LogP contribution in [0.4, 0.5) is 8.78 Å². The van der Waals surface area contributed by atoms with E-state index in [4.69, 9.17) is 5.73 Å². The Morgan fingerprint density at radius 2 is 2.14 bits per heavy atom. The van der Waals surface area contributed by atoms with Crippen molar-refractivity contribution in [2.75, 3.05) is 6.54 Å². The first kappa shape index (κ1) is 19.3. The lowest BCUT2D eigenvalue weighted by Crippen LogP contribution is -2.07. The molecule has 0 radical (unpaired) electrons. The first-order chi connectivity index (χ1) is 13.5. The second-order valence-electron chi connectivity index (χ2n) is 6.06. The first-order valence-electron chi connectivity index (χ1n) is 8.47. The van der Waals surface area contributed by atoms with Gasteiger partial charge < -0.3 is 10.1 Å². The third-order valence-corrected chi connectivity index (χ3v) is 4.04. The molecule has 3 aromatic rings.